The highest BCUT2D eigenvalue weighted by molar-refractivity contribution is 5.93. The summed E-state index contributed by atoms with van der Waals surface area (Å²) in [7, 11) is 1.88. The molecule has 0 spiro atoms. The molecule has 0 radical (unpaired) electrons. The first kappa shape index (κ1) is 15.0. The molecule has 22 heavy (non-hydrogen) atoms. The fraction of sp³-hybridized carbons (Fsp3) is 0.500. The Kier molecular flexibility index (Phi) is 4.70. The number of anilines is 1. The fourth-order valence-electron chi connectivity index (χ4n) is 2.70. The van der Waals surface area contributed by atoms with Crippen molar-refractivity contribution in [3.63, 3.8) is 0 Å². The molecule has 0 saturated carbocycles. The van der Waals surface area contributed by atoms with Gasteiger partial charge in [0.15, 0.2) is 0 Å². The van der Waals surface area contributed by atoms with Crippen LogP contribution in [0.25, 0.3) is 11.0 Å². The van der Waals surface area contributed by atoms with Crippen molar-refractivity contribution in [2.45, 2.75) is 31.8 Å². The van der Waals surface area contributed by atoms with E-state index in [0.29, 0.717) is 6.42 Å². The van der Waals surface area contributed by atoms with Crippen molar-refractivity contribution in [3.05, 3.63) is 24.0 Å². The van der Waals surface area contributed by atoms with Crippen LogP contribution < -0.4 is 10.6 Å². The number of fused-ring (bicyclic) bond motifs is 1. The molecule has 3 N–H and O–H groups in total. The number of hydrogen-bond donors (Lipinski definition) is 3. The van der Waals surface area contributed by atoms with Crippen LogP contribution >= 0.6 is 0 Å². The molecule has 1 aliphatic heterocycles. The van der Waals surface area contributed by atoms with Crippen molar-refractivity contribution >= 4 is 22.6 Å². The lowest BCUT2D eigenvalue weighted by atomic mass is 10.2. The predicted molar refractivity (Wildman–Crippen MR) is 85.8 cm³/mol. The summed E-state index contributed by atoms with van der Waals surface area (Å²) in [5, 5.41) is 5.96. The van der Waals surface area contributed by atoms with E-state index in [1.807, 2.05) is 25.2 Å². The van der Waals surface area contributed by atoms with Crippen LogP contribution in [0.5, 0.6) is 0 Å². The quantitative estimate of drug-likeness (QED) is 0.716. The van der Waals surface area contributed by atoms with Crippen LogP contribution in [0.1, 0.15) is 37.6 Å². The van der Waals surface area contributed by atoms with Crippen molar-refractivity contribution in [3.8, 4) is 0 Å². The Bertz CT molecular complexity index is 647. The number of carbonyl (C=O) groups is 1. The first-order chi connectivity index (χ1) is 10.8. The van der Waals surface area contributed by atoms with Crippen LogP contribution in [0, 0.1) is 0 Å². The number of imidazole rings is 1. The number of carbonyl (C=O) groups excluding carboxylic acids is 1. The third-order valence-corrected chi connectivity index (χ3v) is 3.85. The van der Waals surface area contributed by atoms with Crippen LogP contribution in [0.3, 0.4) is 0 Å². The molecule has 6 nitrogen and oxygen atoms in total. The van der Waals surface area contributed by atoms with Gasteiger partial charge in [0.1, 0.15) is 11.9 Å². The number of rotatable bonds is 6. The van der Waals surface area contributed by atoms with Crippen LogP contribution in [0.2, 0.25) is 0 Å². The van der Waals surface area contributed by atoms with Gasteiger partial charge in [-0.15, -0.1) is 0 Å². The van der Waals surface area contributed by atoms with Crippen LogP contribution in [-0.2, 0) is 9.53 Å². The summed E-state index contributed by atoms with van der Waals surface area (Å²) in [5.41, 5.74) is 2.63. The molecule has 0 aliphatic carbocycles. The number of nitrogens with one attached hydrogen (secondary N) is 3. The Morgan fingerprint density at radius 3 is 3.18 bits per heavy atom. The van der Waals surface area contributed by atoms with Gasteiger partial charge in [0, 0.05) is 18.7 Å². The van der Waals surface area contributed by atoms with Gasteiger partial charge in [-0.3, -0.25) is 4.79 Å². The molecule has 1 aromatic heterocycles. The molecule has 2 aromatic rings. The molecule has 1 atom stereocenters. The molecule has 118 valence electrons. The standard InChI is InChI=1S/C16H22N4O2/c1-17-8-2-5-15(21)18-11-6-7-12-13(10-11)20-16(19-12)14-4-3-9-22-14/h6-7,10,14,17H,2-5,8-9H2,1H3,(H,18,21)(H,19,20). The number of aromatic amines is 1. The molecule has 1 saturated heterocycles. The number of H-pyrrole nitrogens is 1. The van der Waals surface area contributed by atoms with Gasteiger partial charge < -0.3 is 20.4 Å². The highest BCUT2D eigenvalue weighted by Crippen LogP contribution is 2.28. The van der Waals surface area contributed by atoms with Gasteiger partial charge in [-0.1, -0.05) is 0 Å². The fourth-order valence-corrected chi connectivity index (χ4v) is 2.70. The Labute approximate surface area is 129 Å². The number of benzene rings is 1. The smallest absolute Gasteiger partial charge is 0.224 e. The second-order valence-electron chi connectivity index (χ2n) is 5.61. The van der Waals surface area contributed by atoms with Crippen molar-refractivity contribution in [1.82, 2.24) is 15.3 Å². The predicted octanol–water partition coefficient (Wildman–Crippen LogP) is 2.35. The third-order valence-electron chi connectivity index (χ3n) is 3.85. The monoisotopic (exact) mass is 302 g/mol. The molecule has 1 amide bonds. The highest BCUT2D eigenvalue weighted by Gasteiger charge is 2.21. The first-order valence-electron chi connectivity index (χ1n) is 7.82. The summed E-state index contributed by atoms with van der Waals surface area (Å²) in [6, 6.07) is 5.74. The minimum Gasteiger partial charge on any atom is -0.370 e. The summed E-state index contributed by atoms with van der Waals surface area (Å²) >= 11 is 0. The van der Waals surface area contributed by atoms with Gasteiger partial charge in [-0.05, 0) is 51.1 Å². The molecular formula is C16H22N4O2. The van der Waals surface area contributed by atoms with Gasteiger partial charge in [0.2, 0.25) is 5.91 Å². The molecule has 6 heteroatoms. The zero-order valence-corrected chi connectivity index (χ0v) is 12.8. The van der Waals surface area contributed by atoms with E-state index in [2.05, 4.69) is 20.6 Å². The lowest BCUT2D eigenvalue weighted by molar-refractivity contribution is -0.116. The van der Waals surface area contributed by atoms with E-state index in [9.17, 15) is 4.79 Å². The Balaban J connectivity index is 1.68. The molecule has 2 heterocycles. The van der Waals surface area contributed by atoms with E-state index in [1.54, 1.807) is 0 Å². The van der Waals surface area contributed by atoms with E-state index in [1.165, 1.54) is 0 Å². The topological polar surface area (TPSA) is 79.0 Å². The Morgan fingerprint density at radius 1 is 1.50 bits per heavy atom. The highest BCUT2D eigenvalue weighted by atomic mass is 16.5. The molecule has 3 rings (SSSR count). The third kappa shape index (κ3) is 3.45. The molecular weight excluding hydrogens is 280 g/mol. The SMILES string of the molecule is CNCCCC(=O)Nc1ccc2nc(C3CCCO3)[nH]c2c1. The van der Waals surface area contributed by atoms with Crippen molar-refractivity contribution < 1.29 is 9.53 Å². The number of hydrogen-bond acceptors (Lipinski definition) is 4. The molecule has 0 bridgehead atoms. The summed E-state index contributed by atoms with van der Waals surface area (Å²) < 4.78 is 5.65. The molecule has 1 aliphatic rings. The van der Waals surface area contributed by atoms with Crippen LogP contribution in [0.4, 0.5) is 5.69 Å². The van der Waals surface area contributed by atoms with Crippen LogP contribution in [0.15, 0.2) is 18.2 Å². The molecule has 1 unspecified atom stereocenters. The van der Waals surface area contributed by atoms with Crippen molar-refractivity contribution in [2.75, 3.05) is 25.5 Å². The number of nitrogens with zero attached hydrogens (tertiary/aromatic N) is 1. The number of amides is 1. The second kappa shape index (κ2) is 6.89. The van der Waals surface area contributed by atoms with E-state index >= 15 is 0 Å². The van der Waals surface area contributed by atoms with E-state index in [0.717, 1.165) is 55.0 Å². The summed E-state index contributed by atoms with van der Waals surface area (Å²) in [6.45, 7) is 1.65. The summed E-state index contributed by atoms with van der Waals surface area (Å²) in [5.74, 6) is 0.915. The minimum atomic E-state index is 0.0356. The molecule has 1 aromatic carbocycles. The van der Waals surface area contributed by atoms with E-state index in [4.69, 9.17) is 4.74 Å². The summed E-state index contributed by atoms with van der Waals surface area (Å²) in [6.07, 6.45) is 3.51. The lowest BCUT2D eigenvalue weighted by Gasteiger charge is -2.05. The van der Waals surface area contributed by atoms with Crippen molar-refractivity contribution in [2.24, 2.45) is 0 Å². The van der Waals surface area contributed by atoms with Gasteiger partial charge in [-0.25, -0.2) is 4.98 Å². The van der Waals surface area contributed by atoms with E-state index < -0.39 is 0 Å². The summed E-state index contributed by atoms with van der Waals surface area (Å²) in [4.78, 5) is 19.7. The van der Waals surface area contributed by atoms with Gasteiger partial charge >= 0.3 is 0 Å². The van der Waals surface area contributed by atoms with Gasteiger partial charge in [-0.2, -0.15) is 0 Å². The Hall–Kier alpha value is -1.92. The lowest BCUT2D eigenvalue weighted by Crippen LogP contribution is -2.15. The second-order valence-corrected chi connectivity index (χ2v) is 5.61. The Morgan fingerprint density at radius 2 is 2.41 bits per heavy atom. The van der Waals surface area contributed by atoms with Gasteiger partial charge in [0.05, 0.1) is 11.0 Å². The molecule has 1 fully saturated rings. The first-order valence-corrected chi connectivity index (χ1v) is 7.82. The maximum absolute atomic E-state index is 11.9. The zero-order valence-electron chi connectivity index (χ0n) is 12.8. The van der Waals surface area contributed by atoms with Crippen LogP contribution in [-0.4, -0.2) is 36.1 Å². The minimum absolute atomic E-state index is 0.0356. The maximum Gasteiger partial charge on any atom is 0.224 e. The average Bonchev–Trinajstić information content (AvgIpc) is 3.16. The number of aromatic nitrogens is 2. The van der Waals surface area contributed by atoms with E-state index in [-0.39, 0.29) is 12.0 Å². The average molecular weight is 302 g/mol. The maximum atomic E-state index is 11.9. The van der Waals surface area contributed by atoms with Crippen molar-refractivity contribution in [1.29, 1.82) is 0 Å². The number of ether oxygens (including phenoxy) is 1. The zero-order chi connectivity index (χ0) is 15.4. The normalized spacial score (nSPS) is 18.0. The largest absolute Gasteiger partial charge is 0.370 e. The van der Waals surface area contributed by atoms with Gasteiger partial charge in [0.25, 0.3) is 0 Å².